The molecule has 0 fully saturated rings. The van der Waals surface area contributed by atoms with Gasteiger partial charge in [0, 0.05) is 30.1 Å². The minimum atomic E-state index is -1.10. The van der Waals surface area contributed by atoms with Crippen LogP contribution < -0.4 is 10.6 Å². The van der Waals surface area contributed by atoms with Crippen LogP contribution in [0.25, 0.3) is 5.57 Å². The van der Waals surface area contributed by atoms with Crippen LogP contribution in [0.3, 0.4) is 0 Å². The molecule has 2 rings (SSSR count). The van der Waals surface area contributed by atoms with E-state index in [9.17, 15) is 23.2 Å². The van der Waals surface area contributed by atoms with Crippen molar-refractivity contribution in [3.05, 3.63) is 59.4 Å². The molecule has 0 radical (unpaired) electrons. The van der Waals surface area contributed by atoms with Gasteiger partial charge in [0.15, 0.2) is 0 Å². The Morgan fingerprint density at radius 1 is 1.13 bits per heavy atom. The minimum absolute atomic E-state index is 0.0144. The van der Waals surface area contributed by atoms with Gasteiger partial charge in [-0.15, -0.1) is 0 Å². The highest BCUT2D eigenvalue weighted by molar-refractivity contribution is 5.96. The second-order valence-corrected chi connectivity index (χ2v) is 6.81. The number of rotatable bonds is 9. The Morgan fingerprint density at radius 2 is 1.74 bits per heavy atom. The molecular formula is C21H22F2N4O4. The molecule has 0 bridgehead atoms. The van der Waals surface area contributed by atoms with Crippen molar-refractivity contribution < 1.29 is 28.3 Å². The van der Waals surface area contributed by atoms with Gasteiger partial charge in [-0.2, -0.15) is 0 Å². The van der Waals surface area contributed by atoms with Crippen molar-refractivity contribution in [3.63, 3.8) is 0 Å². The average Bonchev–Trinajstić information content (AvgIpc) is 2.66. The van der Waals surface area contributed by atoms with Gasteiger partial charge in [0.2, 0.25) is 17.8 Å². The lowest BCUT2D eigenvalue weighted by Crippen LogP contribution is -2.44. The number of benzene rings is 1. The minimum Gasteiger partial charge on any atom is -0.478 e. The van der Waals surface area contributed by atoms with Crippen LogP contribution in [0, 0.1) is 11.6 Å². The largest absolute Gasteiger partial charge is 0.478 e. The lowest BCUT2D eigenvalue weighted by Gasteiger charge is -2.17. The number of aliphatic carboxylic acids is 1. The molecule has 0 saturated carbocycles. The molecule has 3 N–H and O–H groups in total. The first-order chi connectivity index (χ1) is 14.7. The van der Waals surface area contributed by atoms with E-state index in [0.29, 0.717) is 30.0 Å². The molecule has 1 aromatic heterocycles. The van der Waals surface area contributed by atoms with Crippen molar-refractivity contribution in [1.29, 1.82) is 0 Å². The van der Waals surface area contributed by atoms with Crippen molar-refractivity contribution in [3.8, 4) is 0 Å². The predicted octanol–water partition coefficient (Wildman–Crippen LogP) is 2.71. The second-order valence-electron chi connectivity index (χ2n) is 6.81. The number of nitrogens with one attached hydrogen (secondary N) is 2. The Hall–Kier alpha value is -3.69. The quantitative estimate of drug-likeness (QED) is 0.524. The average molecular weight is 432 g/mol. The molecule has 8 nitrogen and oxygen atoms in total. The fraction of sp³-hybridized carbons (Fsp3) is 0.286. The molecule has 2 aromatic rings. The van der Waals surface area contributed by atoms with Gasteiger partial charge in [0.1, 0.15) is 17.7 Å². The van der Waals surface area contributed by atoms with Crippen LogP contribution in [-0.4, -0.2) is 38.9 Å². The summed E-state index contributed by atoms with van der Waals surface area (Å²) < 4.78 is 26.6. The van der Waals surface area contributed by atoms with Crippen LogP contribution in [0.1, 0.15) is 37.8 Å². The predicted molar refractivity (Wildman–Crippen MR) is 109 cm³/mol. The third-order valence-electron chi connectivity index (χ3n) is 4.20. The number of nitrogens with zero attached hydrogens (tertiary/aromatic N) is 2. The van der Waals surface area contributed by atoms with Gasteiger partial charge >= 0.3 is 5.97 Å². The van der Waals surface area contributed by atoms with E-state index < -0.39 is 35.5 Å². The summed E-state index contributed by atoms with van der Waals surface area (Å²) in [7, 11) is 0. The zero-order valence-corrected chi connectivity index (χ0v) is 17.0. The van der Waals surface area contributed by atoms with Gasteiger partial charge in [-0.3, -0.25) is 14.9 Å². The molecule has 1 unspecified atom stereocenters. The smallest absolute Gasteiger partial charge is 0.328 e. The monoisotopic (exact) mass is 432 g/mol. The van der Waals surface area contributed by atoms with E-state index >= 15 is 0 Å². The van der Waals surface area contributed by atoms with Gasteiger partial charge < -0.3 is 10.4 Å². The lowest BCUT2D eigenvalue weighted by molar-refractivity contribution is -0.131. The van der Waals surface area contributed by atoms with E-state index in [1.54, 1.807) is 6.92 Å². The van der Waals surface area contributed by atoms with Crippen LogP contribution in [0.4, 0.5) is 14.7 Å². The fourth-order valence-electron chi connectivity index (χ4n) is 2.76. The number of amides is 2. The first-order valence-electron chi connectivity index (χ1n) is 9.46. The Bertz CT molecular complexity index is 973. The summed E-state index contributed by atoms with van der Waals surface area (Å²) in [5, 5.41) is 13.8. The summed E-state index contributed by atoms with van der Waals surface area (Å²) in [5.74, 6) is -3.82. The molecule has 0 aliphatic heterocycles. The molecule has 2 amide bonds. The van der Waals surface area contributed by atoms with Crippen molar-refractivity contribution in [2.45, 2.75) is 39.2 Å². The highest BCUT2D eigenvalue weighted by atomic mass is 19.1. The van der Waals surface area contributed by atoms with Gasteiger partial charge in [-0.25, -0.2) is 23.5 Å². The first-order valence-corrected chi connectivity index (χ1v) is 9.46. The van der Waals surface area contributed by atoms with Crippen molar-refractivity contribution >= 4 is 29.3 Å². The zero-order valence-electron chi connectivity index (χ0n) is 17.0. The van der Waals surface area contributed by atoms with Crippen LogP contribution in [0.5, 0.6) is 0 Å². The summed E-state index contributed by atoms with van der Waals surface area (Å²) in [4.78, 5) is 43.5. The number of hydrogen-bond acceptors (Lipinski definition) is 5. The van der Waals surface area contributed by atoms with Crippen molar-refractivity contribution in [2.24, 2.45) is 0 Å². The van der Waals surface area contributed by atoms with Crippen LogP contribution >= 0.6 is 0 Å². The third-order valence-corrected chi connectivity index (χ3v) is 4.20. The number of hydrogen-bond donors (Lipinski definition) is 3. The number of aromatic nitrogens is 2. The van der Waals surface area contributed by atoms with Gasteiger partial charge in [-0.05, 0) is 36.6 Å². The maximum Gasteiger partial charge on any atom is 0.328 e. The standard InChI is InChI=1S/C21H22F2N4O4/c1-3-4-17(26-18(28)8-13-6-15(22)9-16(23)7-13)20(31)27-21-24-10-14(11-25-21)12(2)5-19(29)30/h5-7,9-11,17H,3-4,8H2,1-2H3,(H,26,28)(H,29,30)(H,24,25,27,31). The van der Waals surface area contributed by atoms with E-state index in [2.05, 4.69) is 20.6 Å². The van der Waals surface area contributed by atoms with Crippen molar-refractivity contribution in [1.82, 2.24) is 15.3 Å². The van der Waals surface area contributed by atoms with E-state index in [1.807, 2.05) is 6.92 Å². The summed E-state index contributed by atoms with van der Waals surface area (Å²) in [6.07, 6.45) is 4.36. The number of halogens is 2. The first kappa shape index (κ1) is 23.6. The molecule has 31 heavy (non-hydrogen) atoms. The number of carboxylic acids is 1. The fourth-order valence-corrected chi connectivity index (χ4v) is 2.76. The highest BCUT2D eigenvalue weighted by Crippen LogP contribution is 2.13. The van der Waals surface area contributed by atoms with Gasteiger partial charge in [0.25, 0.3) is 0 Å². The number of allylic oxidation sites excluding steroid dienone is 1. The molecule has 0 aliphatic carbocycles. The number of carbonyl (C=O) groups excluding carboxylic acids is 2. The van der Waals surface area contributed by atoms with E-state index in [0.717, 1.165) is 18.2 Å². The summed E-state index contributed by atoms with van der Waals surface area (Å²) in [5.41, 5.74) is 1.06. The maximum absolute atomic E-state index is 13.3. The van der Waals surface area contributed by atoms with Crippen molar-refractivity contribution in [2.75, 3.05) is 5.32 Å². The Kier molecular flexibility index (Phi) is 8.30. The lowest BCUT2D eigenvalue weighted by atomic mass is 10.1. The van der Waals surface area contributed by atoms with E-state index in [1.165, 1.54) is 12.4 Å². The zero-order chi connectivity index (χ0) is 23.0. The molecule has 0 spiro atoms. The Morgan fingerprint density at radius 3 is 2.29 bits per heavy atom. The Balaban J connectivity index is 2.02. The van der Waals surface area contributed by atoms with Crippen LogP contribution in [0.2, 0.25) is 0 Å². The molecule has 1 atom stereocenters. The van der Waals surface area contributed by atoms with E-state index in [-0.39, 0.29) is 17.9 Å². The molecule has 10 heteroatoms. The summed E-state index contributed by atoms with van der Waals surface area (Å²) in [6, 6.07) is 1.91. The van der Waals surface area contributed by atoms with E-state index in [4.69, 9.17) is 5.11 Å². The highest BCUT2D eigenvalue weighted by Gasteiger charge is 2.21. The number of carbonyl (C=O) groups is 3. The SMILES string of the molecule is CCCC(NC(=O)Cc1cc(F)cc(F)c1)C(=O)Nc1ncc(C(C)=CC(=O)O)cn1. The molecule has 164 valence electrons. The molecular weight excluding hydrogens is 410 g/mol. The maximum atomic E-state index is 13.3. The van der Waals surface area contributed by atoms with Crippen LogP contribution in [-0.2, 0) is 20.8 Å². The Labute approximate surface area is 177 Å². The number of carboxylic acid groups (broad SMARTS) is 1. The summed E-state index contributed by atoms with van der Waals surface area (Å²) >= 11 is 0. The topological polar surface area (TPSA) is 121 Å². The number of anilines is 1. The summed E-state index contributed by atoms with van der Waals surface area (Å²) in [6.45, 7) is 3.42. The van der Waals surface area contributed by atoms with Crippen LogP contribution in [0.15, 0.2) is 36.7 Å². The normalized spacial score (nSPS) is 12.2. The van der Waals surface area contributed by atoms with Gasteiger partial charge in [0.05, 0.1) is 6.42 Å². The molecule has 1 aromatic carbocycles. The second kappa shape index (κ2) is 10.9. The molecule has 1 heterocycles. The molecule has 0 aliphatic rings. The third kappa shape index (κ3) is 7.57. The molecule has 0 saturated heterocycles. The van der Waals surface area contributed by atoms with Gasteiger partial charge in [-0.1, -0.05) is 13.3 Å².